The van der Waals surface area contributed by atoms with Crippen molar-refractivity contribution in [2.75, 3.05) is 32.7 Å². The van der Waals surface area contributed by atoms with Crippen molar-refractivity contribution in [3.05, 3.63) is 48.0 Å². The number of benzene rings is 2. The van der Waals surface area contributed by atoms with Crippen molar-refractivity contribution in [1.82, 2.24) is 5.32 Å². The van der Waals surface area contributed by atoms with E-state index in [0.717, 1.165) is 11.3 Å². The molecule has 2 N–H and O–H groups in total. The lowest BCUT2D eigenvalue weighted by atomic mass is 10.1. The van der Waals surface area contributed by atoms with Crippen LogP contribution in [-0.2, 0) is 16.0 Å². The molecular weight excluding hydrogens is 360 g/mol. The van der Waals surface area contributed by atoms with Crippen LogP contribution in [0.4, 0.5) is 5.69 Å². The van der Waals surface area contributed by atoms with Crippen LogP contribution in [0.25, 0.3) is 0 Å². The van der Waals surface area contributed by atoms with E-state index in [-0.39, 0.29) is 24.8 Å². The Kier molecular flexibility index (Phi) is 8.14. The Labute approximate surface area is 165 Å². The smallest absolute Gasteiger partial charge is 0.243 e. The molecule has 0 aliphatic carbocycles. The molecule has 7 nitrogen and oxygen atoms in total. The Balaban J connectivity index is 1.78. The largest absolute Gasteiger partial charge is 0.497 e. The summed E-state index contributed by atoms with van der Waals surface area (Å²) in [6.45, 7) is 2.39. The van der Waals surface area contributed by atoms with Gasteiger partial charge in [0.05, 0.1) is 27.4 Å². The first-order valence-corrected chi connectivity index (χ1v) is 9.06. The molecule has 0 atom stereocenters. The van der Waals surface area contributed by atoms with Gasteiger partial charge in [0.25, 0.3) is 0 Å². The summed E-state index contributed by atoms with van der Waals surface area (Å²) in [6.07, 6.45) is 0.715. The van der Waals surface area contributed by atoms with Crippen LogP contribution in [-0.4, -0.2) is 39.2 Å². The van der Waals surface area contributed by atoms with Gasteiger partial charge in [-0.3, -0.25) is 9.59 Å². The second kappa shape index (κ2) is 10.8. The summed E-state index contributed by atoms with van der Waals surface area (Å²) >= 11 is 0. The molecule has 0 saturated heterocycles. The number of nitrogens with one attached hydrogen (secondary N) is 2. The predicted molar refractivity (Wildman–Crippen MR) is 107 cm³/mol. The molecule has 2 aromatic carbocycles. The normalized spacial score (nSPS) is 10.1. The maximum atomic E-state index is 12.1. The number of carbonyl (C=O) groups excluding carboxylic acids is 2. The minimum atomic E-state index is -0.295. The van der Waals surface area contributed by atoms with Gasteiger partial charge in [-0.1, -0.05) is 0 Å². The molecular formula is C21H26N2O5. The van der Waals surface area contributed by atoms with Crippen molar-refractivity contribution in [3.8, 4) is 17.2 Å². The topological polar surface area (TPSA) is 85.9 Å². The third-order valence-corrected chi connectivity index (χ3v) is 4.00. The molecule has 0 heterocycles. The Morgan fingerprint density at radius 3 is 2.29 bits per heavy atom. The van der Waals surface area contributed by atoms with Crippen molar-refractivity contribution in [1.29, 1.82) is 0 Å². The summed E-state index contributed by atoms with van der Waals surface area (Å²) in [5.41, 5.74) is 1.51. The highest BCUT2D eigenvalue weighted by atomic mass is 16.5. The molecule has 2 aromatic rings. The average Bonchev–Trinajstić information content (AvgIpc) is 2.72. The fraction of sp³-hybridized carbons (Fsp3) is 0.333. The number of rotatable bonds is 10. The number of amides is 2. The van der Waals surface area contributed by atoms with Gasteiger partial charge < -0.3 is 24.8 Å². The van der Waals surface area contributed by atoms with Crippen LogP contribution in [0.15, 0.2) is 42.5 Å². The first kappa shape index (κ1) is 21.1. The van der Waals surface area contributed by atoms with E-state index < -0.39 is 0 Å². The maximum Gasteiger partial charge on any atom is 0.243 e. The zero-order chi connectivity index (χ0) is 20.4. The van der Waals surface area contributed by atoms with Gasteiger partial charge in [0.2, 0.25) is 11.8 Å². The number of hydrogen-bond donors (Lipinski definition) is 2. The Bertz CT molecular complexity index is 790. The number of aryl methyl sites for hydroxylation is 1. The number of ether oxygens (including phenoxy) is 3. The van der Waals surface area contributed by atoms with E-state index in [4.69, 9.17) is 14.2 Å². The van der Waals surface area contributed by atoms with Gasteiger partial charge in [0, 0.05) is 12.1 Å². The molecule has 0 aromatic heterocycles. The molecule has 7 heteroatoms. The summed E-state index contributed by atoms with van der Waals surface area (Å²) in [5, 5.41) is 5.35. The second-order valence-electron chi connectivity index (χ2n) is 5.96. The lowest BCUT2D eigenvalue weighted by Crippen LogP contribution is -2.32. The van der Waals surface area contributed by atoms with Gasteiger partial charge in [-0.05, 0) is 61.4 Å². The third kappa shape index (κ3) is 6.50. The monoisotopic (exact) mass is 386 g/mol. The first-order chi connectivity index (χ1) is 13.5. The van der Waals surface area contributed by atoms with Crippen LogP contribution in [0.1, 0.15) is 18.9 Å². The zero-order valence-electron chi connectivity index (χ0n) is 16.4. The summed E-state index contributed by atoms with van der Waals surface area (Å²) in [6, 6.07) is 12.5. The Hall–Kier alpha value is -3.22. The van der Waals surface area contributed by atoms with E-state index in [0.29, 0.717) is 30.2 Å². The lowest BCUT2D eigenvalue weighted by molar-refractivity contribution is -0.124. The molecule has 150 valence electrons. The molecule has 0 spiro atoms. The van der Waals surface area contributed by atoms with E-state index in [1.54, 1.807) is 50.6 Å². The highest BCUT2D eigenvalue weighted by Gasteiger charge is 2.10. The summed E-state index contributed by atoms with van der Waals surface area (Å²) < 4.78 is 15.9. The van der Waals surface area contributed by atoms with Gasteiger partial charge in [0.15, 0.2) is 0 Å². The molecule has 0 aliphatic heterocycles. The van der Waals surface area contributed by atoms with Crippen LogP contribution in [0.5, 0.6) is 17.2 Å². The van der Waals surface area contributed by atoms with Gasteiger partial charge in [0.1, 0.15) is 17.2 Å². The van der Waals surface area contributed by atoms with Crippen molar-refractivity contribution >= 4 is 17.5 Å². The molecule has 0 saturated carbocycles. The van der Waals surface area contributed by atoms with Crippen molar-refractivity contribution in [2.24, 2.45) is 0 Å². The van der Waals surface area contributed by atoms with Gasteiger partial charge >= 0.3 is 0 Å². The van der Waals surface area contributed by atoms with Crippen LogP contribution in [0.2, 0.25) is 0 Å². The van der Waals surface area contributed by atoms with Gasteiger partial charge in [-0.2, -0.15) is 0 Å². The summed E-state index contributed by atoms with van der Waals surface area (Å²) in [5.74, 6) is 1.62. The standard InChI is InChI=1S/C21H26N2O5/c1-4-28-17-8-6-16(7-9-17)23-21(25)14-22-20(24)12-5-15-13-18(26-2)10-11-19(15)27-3/h6-11,13H,4-5,12,14H2,1-3H3,(H,22,24)(H,23,25). The van der Waals surface area contributed by atoms with Crippen molar-refractivity contribution in [2.45, 2.75) is 19.8 Å². The van der Waals surface area contributed by atoms with Crippen LogP contribution in [0, 0.1) is 0 Å². The van der Waals surface area contributed by atoms with Crippen LogP contribution >= 0.6 is 0 Å². The summed E-state index contributed by atoms with van der Waals surface area (Å²) in [7, 11) is 3.16. The molecule has 0 fully saturated rings. The highest BCUT2D eigenvalue weighted by Crippen LogP contribution is 2.25. The molecule has 2 rings (SSSR count). The molecule has 0 bridgehead atoms. The maximum absolute atomic E-state index is 12.1. The average molecular weight is 386 g/mol. The van der Waals surface area contributed by atoms with E-state index in [1.807, 2.05) is 13.0 Å². The van der Waals surface area contributed by atoms with E-state index >= 15 is 0 Å². The minimum Gasteiger partial charge on any atom is -0.497 e. The Morgan fingerprint density at radius 2 is 1.64 bits per heavy atom. The fourth-order valence-corrected chi connectivity index (χ4v) is 2.60. The van der Waals surface area contributed by atoms with E-state index in [9.17, 15) is 9.59 Å². The highest BCUT2D eigenvalue weighted by molar-refractivity contribution is 5.94. The predicted octanol–water partition coefficient (Wildman–Crippen LogP) is 2.79. The van der Waals surface area contributed by atoms with Gasteiger partial charge in [-0.15, -0.1) is 0 Å². The van der Waals surface area contributed by atoms with E-state index in [2.05, 4.69) is 10.6 Å². The number of methoxy groups -OCH3 is 2. The summed E-state index contributed by atoms with van der Waals surface area (Å²) in [4.78, 5) is 24.1. The van der Waals surface area contributed by atoms with Crippen molar-refractivity contribution in [3.63, 3.8) is 0 Å². The second-order valence-corrected chi connectivity index (χ2v) is 5.96. The number of carbonyl (C=O) groups is 2. The molecule has 2 amide bonds. The quantitative estimate of drug-likeness (QED) is 0.656. The molecule has 0 unspecified atom stereocenters. The van der Waals surface area contributed by atoms with Crippen molar-refractivity contribution < 1.29 is 23.8 Å². The number of anilines is 1. The third-order valence-electron chi connectivity index (χ3n) is 4.00. The fourth-order valence-electron chi connectivity index (χ4n) is 2.60. The van der Waals surface area contributed by atoms with Gasteiger partial charge in [-0.25, -0.2) is 0 Å². The van der Waals surface area contributed by atoms with Crippen LogP contribution in [0.3, 0.4) is 0 Å². The minimum absolute atomic E-state index is 0.0959. The molecule has 28 heavy (non-hydrogen) atoms. The SMILES string of the molecule is CCOc1ccc(NC(=O)CNC(=O)CCc2cc(OC)ccc2OC)cc1. The Morgan fingerprint density at radius 1 is 0.929 bits per heavy atom. The molecule has 0 radical (unpaired) electrons. The zero-order valence-corrected chi connectivity index (χ0v) is 16.4. The number of hydrogen-bond acceptors (Lipinski definition) is 5. The first-order valence-electron chi connectivity index (χ1n) is 9.06. The molecule has 0 aliphatic rings. The lowest BCUT2D eigenvalue weighted by Gasteiger charge is -2.11. The van der Waals surface area contributed by atoms with E-state index in [1.165, 1.54) is 0 Å². The van der Waals surface area contributed by atoms with Crippen LogP contribution < -0.4 is 24.8 Å².